The Hall–Kier alpha value is -2.18. The van der Waals surface area contributed by atoms with Crippen LogP contribution in [0, 0.1) is 11.6 Å². The van der Waals surface area contributed by atoms with Gasteiger partial charge in [0.25, 0.3) is 5.91 Å². The van der Waals surface area contributed by atoms with Gasteiger partial charge in [0.2, 0.25) is 0 Å². The van der Waals surface area contributed by atoms with Crippen molar-refractivity contribution in [2.75, 3.05) is 26.2 Å². The Morgan fingerprint density at radius 3 is 2.45 bits per heavy atom. The van der Waals surface area contributed by atoms with Gasteiger partial charge >= 0.3 is 0 Å². The standard InChI is InChI=1S/C22H24F2N2O2.ClH/c23-18-3-4-21(20(24)14-18)28-19-7-11-26(12-8-19)22(27)17-2-1-15-5-9-25-10-6-16(15)13-17;/h1-4,13-14,19,25H,5-12H2;1H. The summed E-state index contributed by atoms with van der Waals surface area (Å²) in [5.41, 5.74) is 3.29. The number of carbonyl (C=O) groups is 1. The van der Waals surface area contributed by atoms with Crippen molar-refractivity contribution in [2.24, 2.45) is 0 Å². The summed E-state index contributed by atoms with van der Waals surface area (Å²) in [6.45, 7) is 3.03. The summed E-state index contributed by atoms with van der Waals surface area (Å²) in [6, 6.07) is 9.34. The predicted molar refractivity (Wildman–Crippen MR) is 110 cm³/mol. The van der Waals surface area contributed by atoms with E-state index in [4.69, 9.17) is 4.74 Å². The van der Waals surface area contributed by atoms with Gasteiger partial charge in [-0.2, -0.15) is 0 Å². The fraction of sp³-hybridized carbons (Fsp3) is 0.409. The first-order valence-corrected chi connectivity index (χ1v) is 9.83. The number of fused-ring (bicyclic) bond motifs is 1. The highest BCUT2D eigenvalue weighted by molar-refractivity contribution is 5.94. The van der Waals surface area contributed by atoms with E-state index < -0.39 is 11.6 Å². The zero-order valence-electron chi connectivity index (χ0n) is 16.1. The number of ether oxygens (including phenoxy) is 1. The van der Waals surface area contributed by atoms with Gasteiger partial charge in [0.15, 0.2) is 11.6 Å². The van der Waals surface area contributed by atoms with Crippen molar-refractivity contribution in [1.29, 1.82) is 0 Å². The van der Waals surface area contributed by atoms with Crippen LogP contribution in [0.5, 0.6) is 5.75 Å². The SMILES string of the molecule is Cl.O=C(c1ccc2c(c1)CCNCC2)N1CCC(Oc2ccc(F)cc2F)CC1. The number of benzene rings is 2. The number of halogens is 3. The van der Waals surface area contributed by atoms with Crippen LogP contribution < -0.4 is 10.1 Å². The molecule has 2 aromatic rings. The molecule has 2 aliphatic heterocycles. The average Bonchev–Trinajstić information content (AvgIpc) is 2.95. The largest absolute Gasteiger partial charge is 0.487 e. The van der Waals surface area contributed by atoms with Gasteiger partial charge in [0.05, 0.1) is 0 Å². The number of piperidine rings is 1. The van der Waals surface area contributed by atoms with Gasteiger partial charge in [-0.15, -0.1) is 12.4 Å². The van der Waals surface area contributed by atoms with Crippen LogP contribution in [0.25, 0.3) is 0 Å². The van der Waals surface area contributed by atoms with Crippen molar-refractivity contribution >= 4 is 18.3 Å². The van der Waals surface area contributed by atoms with Crippen LogP contribution >= 0.6 is 12.4 Å². The highest BCUT2D eigenvalue weighted by Gasteiger charge is 2.26. The molecule has 0 bridgehead atoms. The fourth-order valence-corrected chi connectivity index (χ4v) is 3.92. The van der Waals surface area contributed by atoms with Crippen LogP contribution in [0.15, 0.2) is 36.4 Å². The average molecular weight is 423 g/mol. The maximum Gasteiger partial charge on any atom is 0.253 e. The Balaban J connectivity index is 0.00000240. The summed E-state index contributed by atoms with van der Waals surface area (Å²) in [6.07, 6.45) is 3.00. The highest BCUT2D eigenvalue weighted by Crippen LogP contribution is 2.24. The minimum Gasteiger partial charge on any atom is -0.487 e. The second-order valence-corrected chi connectivity index (χ2v) is 7.42. The quantitative estimate of drug-likeness (QED) is 0.819. The second-order valence-electron chi connectivity index (χ2n) is 7.42. The Labute approximate surface area is 175 Å². The smallest absolute Gasteiger partial charge is 0.253 e. The molecule has 2 aliphatic rings. The number of hydrogen-bond donors (Lipinski definition) is 1. The van der Waals surface area contributed by atoms with Gasteiger partial charge in [-0.1, -0.05) is 6.07 Å². The lowest BCUT2D eigenvalue weighted by Crippen LogP contribution is -2.41. The summed E-state index contributed by atoms with van der Waals surface area (Å²) in [4.78, 5) is 14.7. The molecule has 2 aromatic carbocycles. The van der Waals surface area contributed by atoms with Gasteiger partial charge in [-0.25, -0.2) is 8.78 Å². The third kappa shape index (κ3) is 5.06. The maximum atomic E-state index is 13.8. The molecule has 29 heavy (non-hydrogen) atoms. The van der Waals surface area contributed by atoms with Crippen molar-refractivity contribution in [3.63, 3.8) is 0 Å². The van der Waals surface area contributed by atoms with E-state index in [1.165, 1.54) is 23.3 Å². The van der Waals surface area contributed by atoms with Crippen molar-refractivity contribution in [2.45, 2.75) is 31.8 Å². The third-order valence-electron chi connectivity index (χ3n) is 5.51. The lowest BCUT2D eigenvalue weighted by Gasteiger charge is -2.32. The summed E-state index contributed by atoms with van der Waals surface area (Å²) in [5, 5.41) is 3.38. The number of amides is 1. The van der Waals surface area contributed by atoms with Gasteiger partial charge in [0.1, 0.15) is 11.9 Å². The summed E-state index contributed by atoms with van der Waals surface area (Å²) >= 11 is 0. The van der Waals surface area contributed by atoms with E-state index in [2.05, 4.69) is 11.4 Å². The number of carbonyl (C=O) groups excluding carboxylic acids is 1. The molecule has 0 radical (unpaired) electrons. The molecule has 1 N–H and O–H groups in total. The molecule has 0 atom stereocenters. The van der Waals surface area contributed by atoms with Gasteiger partial charge in [-0.3, -0.25) is 4.79 Å². The van der Waals surface area contributed by atoms with Crippen LogP contribution in [0.1, 0.15) is 34.3 Å². The minimum absolute atomic E-state index is 0. The Morgan fingerprint density at radius 2 is 1.72 bits per heavy atom. The summed E-state index contributed by atoms with van der Waals surface area (Å²) in [7, 11) is 0. The Bertz CT molecular complexity index is 870. The normalized spacial score (nSPS) is 17.1. The molecule has 156 valence electrons. The molecule has 0 unspecified atom stereocenters. The molecule has 2 heterocycles. The third-order valence-corrected chi connectivity index (χ3v) is 5.51. The number of hydrogen-bond acceptors (Lipinski definition) is 3. The van der Waals surface area contributed by atoms with Gasteiger partial charge in [0, 0.05) is 37.6 Å². The molecule has 1 amide bonds. The van der Waals surface area contributed by atoms with E-state index >= 15 is 0 Å². The lowest BCUT2D eigenvalue weighted by molar-refractivity contribution is 0.0588. The van der Waals surface area contributed by atoms with Crippen molar-refractivity contribution in [3.8, 4) is 5.75 Å². The molecule has 4 nitrogen and oxygen atoms in total. The predicted octanol–water partition coefficient (Wildman–Crippen LogP) is 3.76. The van der Waals surface area contributed by atoms with E-state index in [9.17, 15) is 13.6 Å². The molecule has 1 saturated heterocycles. The first-order chi connectivity index (χ1) is 13.6. The van der Waals surface area contributed by atoms with E-state index in [0.717, 1.165) is 37.6 Å². The number of likely N-dealkylation sites (tertiary alicyclic amines) is 1. The highest BCUT2D eigenvalue weighted by atomic mass is 35.5. The monoisotopic (exact) mass is 422 g/mol. The zero-order chi connectivity index (χ0) is 19.5. The number of nitrogens with zero attached hydrogens (tertiary/aromatic N) is 1. The Morgan fingerprint density at radius 1 is 1.00 bits per heavy atom. The number of rotatable bonds is 3. The molecule has 0 spiro atoms. The van der Waals surface area contributed by atoms with Crippen LogP contribution in [-0.4, -0.2) is 43.1 Å². The lowest BCUT2D eigenvalue weighted by atomic mass is 9.99. The molecule has 4 rings (SSSR count). The fourth-order valence-electron chi connectivity index (χ4n) is 3.92. The first kappa shape index (κ1) is 21.5. The maximum absolute atomic E-state index is 13.8. The zero-order valence-corrected chi connectivity index (χ0v) is 16.9. The molecular weight excluding hydrogens is 398 g/mol. The van der Waals surface area contributed by atoms with Crippen molar-refractivity contribution in [3.05, 3.63) is 64.7 Å². The van der Waals surface area contributed by atoms with Crippen LogP contribution in [0.3, 0.4) is 0 Å². The van der Waals surface area contributed by atoms with Crippen molar-refractivity contribution < 1.29 is 18.3 Å². The second kappa shape index (κ2) is 9.55. The van der Waals surface area contributed by atoms with E-state index in [1.807, 2.05) is 17.0 Å². The topological polar surface area (TPSA) is 41.6 Å². The molecule has 1 fully saturated rings. The summed E-state index contributed by atoms with van der Waals surface area (Å²) in [5.74, 6) is -1.23. The molecule has 0 aliphatic carbocycles. The van der Waals surface area contributed by atoms with Gasteiger partial charge in [-0.05, 0) is 61.3 Å². The van der Waals surface area contributed by atoms with Crippen LogP contribution in [-0.2, 0) is 12.8 Å². The minimum atomic E-state index is -0.696. The van der Waals surface area contributed by atoms with Crippen molar-refractivity contribution in [1.82, 2.24) is 10.2 Å². The van der Waals surface area contributed by atoms with Gasteiger partial charge < -0.3 is 15.0 Å². The first-order valence-electron chi connectivity index (χ1n) is 9.83. The summed E-state index contributed by atoms with van der Waals surface area (Å²) < 4.78 is 32.5. The van der Waals surface area contributed by atoms with E-state index in [0.29, 0.717) is 25.9 Å². The van der Waals surface area contributed by atoms with E-state index in [-0.39, 0.29) is 30.2 Å². The van der Waals surface area contributed by atoms with Crippen LogP contribution in [0.2, 0.25) is 0 Å². The Kier molecular flexibility index (Phi) is 7.09. The molecule has 0 aromatic heterocycles. The van der Waals surface area contributed by atoms with E-state index in [1.54, 1.807) is 0 Å². The van der Waals surface area contributed by atoms with Crippen LogP contribution in [0.4, 0.5) is 8.78 Å². The molecule has 7 heteroatoms. The number of nitrogens with one attached hydrogen (secondary N) is 1. The molecule has 0 saturated carbocycles. The molecular formula is C22H25ClF2N2O2.